The normalized spacial score (nSPS) is 14.6. The van der Waals surface area contributed by atoms with Gasteiger partial charge in [0.15, 0.2) is 11.4 Å². The summed E-state index contributed by atoms with van der Waals surface area (Å²) in [6, 6.07) is 9.83. The van der Waals surface area contributed by atoms with Crippen LogP contribution in [0.4, 0.5) is 15.9 Å². The SMILES string of the molecule is Cc1ccc([N+](=O)[O-])c(N2CCC(=Cc3cc4cccc(F)c4o3)CC2)n1. The molecular formula is C20H18FN3O3. The van der Waals surface area contributed by atoms with Crippen molar-refractivity contribution in [2.24, 2.45) is 0 Å². The van der Waals surface area contributed by atoms with Crippen LogP contribution in [0.15, 0.2) is 46.4 Å². The van der Waals surface area contributed by atoms with E-state index in [-0.39, 0.29) is 17.1 Å². The maximum Gasteiger partial charge on any atom is 0.311 e. The molecule has 0 unspecified atom stereocenters. The molecule has 0 bridgehead atoms. The van der Waals surface area contributed by atoms with Gasteiger partial charge in [-0.3, -0.25) is 10.1 Å². The number of piperidine rings is 1. The lowest BCUT2D eigenvalue weighted by molar-refractivity contribution is -0.384. The zero-order valence-corrected chi connectivity index (χ0v) is 14.8. The van der Waals surface area contributed by atoms with Gasteiger partial charge < -0.3 is 9.32 Å². The monoisotopic (exact) mass is 367 g/mol. The number of hydrogen-bond acceptors (Lipinski definition) is 5. The van der Waals surface area contributed by atoms with Gasteiger partial charge in [0.05, 0.1) is 4.92 Å². The fraction of sp³-hybridized carbons (Fsp3) is 0.250. The molecule has 3 heterocycles. The second-order valence-electron chi connectivity index (χ2n) is 6.65. The van der Waals surface area contributed by atoms with Crippen molar-refractivity contribution < 1.29 is 13.7 Å². The van der Waals surface area contributed by atoms with Crippen LogP contribution in [0.1, 0.15) is 24.3 Å². The van der Waals surface area contributed by atoms with Gasteiger partial charge in [0.2, 0.25) is 5.82 Å². The van der Waals surface area contributed by atoms with Gasteiger partial charge in [0, 0.05) is 30.2 Å². The van der Waals surface area contributed by atoms with Crippen molar-refractivity contribution in [3.63, 3.8) is 0 Å². The highest BCUT2D eigenvalue weighted by atomic mass is 19.1. The van der Waals surface area contributed by atoms with Crippen LogP contribution < -0.4 is 4.90 Å². The van der Waals surface area contributed by atoms with Crippen LogP contribution in [0.2, 0.25) is 0 Å². The average molecular weight is 367 g/mol. The Hall–Kier alpha value is -3.22. The maximum absolute atomic E-state index is 13.8. The molecule has 138 valence electrons. The number of aryl methyl sites for hydroxylation is 1. The zero-order valence-electron chi connectivity index (χ0n) is 14.8. The highest BCUT2D eigenvalue weighted by Gasteiger charge is 2.24. The Kier molecular flexibility index (Phi) is 4.35. The van der Waals surface area contributed by atoms with Crippen LogP contribution in [0.25, 0.3) is 17.0 Å². The topological polar surface area (TPSA) is 72.4 Å². The van der Waals surface area contributed by atoms with Gasteiger partial charge in [-0.1, -0.05) is 17.7 Å². The summed E-state index contributed by atoms with van der Waals surface area (Å²) in [6.45, 7) is 3.10. The molecule has 1 fully saturated rings. The van der Waals surface area contributed by atoms with Crippen molar-refractivity contribution in [3.05, 3.63) is 69.4 Å². The summed E-state index contributed by atoms with van der Waals surface area (Å²) in [4.78, 5) is 17.2. The molecule has 4 rings (SSSR count). The van der Waals surface area contributed by atoms with Gasteiger partial charge >= 0.3 is 5.69 Å². The Morgan fingerprint density at radius 1 is 1.26 bits per heavy atom. The molecule has 1 aromatic carbocycles. The highest BCUT2D eigenvalue weighted by Crippen LogP contribution is 2.31. The van der Waals surface area contributed by atoms with Crippen LogP contribution in [0, 0.1) is 22.9 Å². The Morgan fingerprint density at radius 3 is 2.74 bits per heavy atom. The third-order valence-corrected chi connectivity index (χ3v) is 4.76. The van der Waals surface area contributed by atoms with E-state index in [9.17, 15) is 14.5 Å². The highest BCUT2D eigenvalue weighted by molar-refractivity contribution is 5.80. The number of nitro groups is 1. The standard InChI is InChI=1S/C20H18FN3O3/c1-13-5-6-18(24(25)26)20(22-13)23-9-7-14(8-10-23)11-16-12-15-3-2-4-17(21)19(15)27-16/h2-6,11-12H,7-10H2,1H3. The summed E-state index contributed by atoms with van der Waals surface area (Å²) in [6.07, 6.45) is 3.42. The molecule has 27 heavy (non-hydrogen) atoms. The second-order valence-corrected chi connectivity index (χ2v) is 6.65. The van der Waals surface area contributed by atoms with Gasteiger partial charge in [0.1, 0.15) is 5.76 Å². The summed E-state index contributed by atoms with van der Waals surface area (Å²) in [5.41, 5.74) is 2.21. The summed E-state index contributed by atoms with van der Waals surface area (Å²) in [7, 11) is 0. The van der Waals surface area contributed by atoms with E-state index in [2.05, 4.69) is 4.98 Å². The lowest BCUT2D eigenvalue weighted by atomic mass is 10.0. The lowest BCUT2D eigenvalue weighted by Gasteiger charge is -2.29. The minimum absolute atomic E-state index is 0.0285. The molecule has 0 amide bonds. The van der Waals surface area contributed by atoms with Gasteiger partial charge in [-0.25, -0.2) is 9.37 Å². The lowest BCUT2D eigenvalue weighted by Crippen LogP contribution is -2.31. The third-order valence-electron chi connectivity index (χ3n) is 4.76. The number of pyridine rings is 1. The van der Waals surface area contributed by atoms with Crippen molar-refractivity contribution in [1.82, 2.24) is 4.98 Å². The first-order valence-electron chi connectivity index (χ1n) is 8.76. The van der Waals surface area contributed by atoms with Crippen LogP contribution in [0.3, 0.4) is 0 Å². The van der Waals surface area contributed by atoms with E-state index in [4.69, 9.17) is 4.42 Å². The number of nitrogens with zero attached hydrogens (tertiary/aromatic N) is 3. The van der Waals surface area contributed by atoms with Gasteiger partial charge in [-0.15, -0.1) is 0 Å². The first-order chi connectivity index (χ1) is 13.0. The van der Waals surface area contributed by atoms with E-state index in [1.54, 1.807) is 12.1 Å². The number of benzene rings is 1. The van der Waals surface area contributed by atoms with Gasteiger partial charge in [-0.05, 0) is 44.0 Å². The van der Waals surface area contributed by atoms with Crippen molar-refractivity contribution >= 4 is 28.6 Å². The molecule has 6 nitrogen and oxygen atoms in total. The minimum atomic E-state index is -0.393. The number of furan rings is 1. The fourth-order valence-electron chi connectivity index (χ4n) is 3.38. The molecule has 3 aromatic rings. The molecule has 0 atom stereocenters. The van der Waals surface area contributed by atoms with Crippen LogP contribution in [0.5, 0.6) is 0 Å². The van der Waals surface area contributed by atoms with E-state index < -0.39 is 4.92 Å². The number of halogens is 1. The van der Waals surface area contributed by atoms with Gasteiger partial charge in [0.25, 0.3) is 0 Å². The van der Waals surface area contributed by atoms with E-state index >= 15 is 0 Å². The van der Waals surface area contributed by atoms with Crippen LogP contribution in [-0.2, 0) is 0 Å². The molecular weight excluding hydrogens is 349 g/mol. The first kappa shape index (κ1) is 17.2. The molecule has 1 aliphatic rings. The number of anilines is 1. The van der Waals surface area contributed by atoms with E-state index in [0.29, 0.717) is 24.7 Å². The largest absolute Gasteiger partial charge is 0.454 e. The molecule has 0 N–H and O–H groups in total. The first-order valence-corrected chi connectivity index (χ1v) is 8.76. The molecule has 7 heteroatoms. The van der Waals surface area contributed by atoms with E-state index in [1.807, 2.05) is 30.0 Å². The minimum Gasteiger partial charge on any atom is -0.454 e. The smallest absolute Gasteiger partial charge is 0.311 e. The fourth-order valence-corrected chi connectivity index (χ4v) is 3.38. The van der Waals surface area contributed by atoms with Crippen molar-refractivity contribution in [3.8, 4) is 0 Å². The van der Waals surface area contributed by atoms with Crippen LogP contribution in [-0.4, -0.2) is 23.0 Å². The molecule has 0 saturated carbocycles. The maximum atomic E-state index is 13.8. The molecule has 1 aliphatic heterocycles. The Balaban J connectivity index is 1.53. The molecule has 0 aliphatic carbocycles. The number of hydrogen-bond donors (Lipinski definition) is 0. The predicted octanol–water partition coefficient (Wildman–Crippen LogP) is 4.87. The Morgan fingerprint density at radius 2 is 2.04 bits per heavy atom. The predicted molar refractivity (Wildman–Crippen MR) is 101 cm³/mol. The molecule has 1 saturated heterocycles. The summed E-state index contributed by atoms with van der Waals surface area (Å²) < 4.78 is 19.4. The average Bonchev–Trinajstić information content (AvgIpc) is 3.06. The van der Waals surface area contributed by atoms with Crippen molar-refractivity contribution in [2.45, 2.75) is 19.8 Å². The van der Waals surface area contributed by atoms with Crippen molar-refractivity contribution in [1.29, 1.82) is 0 Å². The Bertz CT molecular complexity index is 1050. The van der Waals surface area contributed by atoms with Crippen LogP contribution >= 0.6 is 0 Å². The second kappa shape index (κ2) is 6.83. The quantitative estimate of drug-likeness (QED) is 0.488. The van der Waals surface area contributed by atoms with Gasteiger partial charge in [-0.2, -0.15) is 0 Å². The number of fused-ring (bicyclic) bond motifs is 1. The third kappa shape index (κ3) is 3.40. The Labute approximate surface area is 155 Å². The summed E-state index contributed by atoms with van der Waals surface area (Å²) >= 11 is 0. The number of aromatic nitrogens is 1. The molecule has 0 spiro atoms. The summed E-state index contributed by atoms with van der Waals surface area (Å²) in [5, 5.41) is 12.0. The molecule has 0 radical (unpaired) electrons. The van der Waals surface area contributed by atoms with E-state index in [0.717, 1.165) is 23.9 Å². The number of para-hydroxylation sites is 1. The zero-order chi connectivity index (χ0) is 19.0. The van der Waals surface area contributed by atoms with Crippen molar-refractivity contribution in [2.75, 3.05) is 18.0 Å². The molecule has 2 aromatic heterocycles. The van der Waals surface area contributed by atoms with E-state index in [1.165, 1.54) is 17.7 Å². The number of rotatable bonds is 3. The summed E-state index contributed by atoms with van der Waals surface area (Å²) in [5.74, 6) is 0.674.